The molecule has 118 valence electrons. The van der Waals surface area contributed by atoms with Crippen LogP contribution in [0.4, 0.5) is 4.79 Å². The molecular formula is C18H17NO4. The maximum atomic E-state index is 11.9. The van der Waals surface area contributed by atoms with Crippen LogP contribution in [0.2, 0.25) is 0 Å². The third kappa shape index (κ3) is 5.48. The van der Waals surface area contributed by atoms with Gasteiger partial charge in [-0.15, -0.1) is 0 Å². The standard InChI is InChI=1S/C18H17NO4/c20-12-16(21)11-17(15-9-5-2-6-10-15)19-18(22)23-13-14-7-3-1-4-8-14/h1-10,12,16,21H,11,13H2/b19-17-. The second-order valence-corrected chi connectivity index (χ2v) is 4.87. The van der Waals surface area contributed by atoms with E-state index in [0.29, 0.717) is 17.6 Å². The molecule has 23 heavy (non-hydrogen) atoms. The third-order valence-corrected chi connectivity index (χ3v) is 3.10. The van der Waals surface area contributed by atoms with Gasteiger partial charge < -0.3 is 14.6 Å². The van der Waals surface area contributed by atoms with Crippen molar-refractivity contribution in [2.75, 3.05) is 0 Å². The minimum Gasteiger partial charge on any atom is -0.443 e. The van der Waals surface area contributed by atoms with Crippen molar-refractivity contribution < 1.29 is 19.4 Å². The van der Waals surface area contributed by atoms with Crippen LogP contribution in [0.3, 0.4) is 0 Å². The maximum absolute atomic E-state index is 11.9. The lowest BCUT2D eigenvalue weighted by molar-refractivity contribution is -0.114. The van der Waals surface area contributed by atoms with E-state index in [-0.39, 0.29) is 13.0 Å². The Bertz CT molecular complexity index is 668. The number of aliphatic hydroxyl groups excluding tert-OH is 1. The van der Waals surface area contributed by atoms with Crippen molar-refractivity contribution in [3.05, 3.63) is 71.8 Å². The monoisotopic (exact) mass is 311 g/mol. The largest absolute Gasteiger partial charge is 0.443 e. The fraction of sp³-hybridized carbons (Fsp3) is 0.167. The molecule has 2 aromatic carbocycles. The van der Waals surface area contributed by atoms with Crippen LogP contribution in [0.1, 0.15) is 17.5 Å². The fourth-order valence-corrected chi connectivity index (χ4v) is 1.97. The smallest absolute Gasteiger partial charge is 0.434 e. The van der Waals surface area contributed by atoms with E-state index >= 15 is 0 Å². The highest BCUT2D eigenvalue weighted by atomic mass is 16.5. The Morgan fingerprint density at radius 1 is 1.09 bits per heavy atom. The van der Waals surface area contributed by atoms with Gasteiger partial charge in [0.15, 0.2) is 0 Å². The van der Waals surface area contributed by atoms with Crippen molar-refractivity contribution in [3.63, 3.8) is 0 Å². The number of aliphatic imine (C=N–C) groups is 1. The van der Waals surface area contributed by atoms with Crippen molar-refractivity contribution >= 4 is 18.1 Å². The van der Waals surface area contributed by atoms with Gasteiger partial charge in [-0.25, -0.2) is 4.79 Å². The van der Waals surface area contributed by atoms with Crippen LogP contribution in [0.25, 0.3) is 0 Å². The first-order valence-corrected chi connectivity index (χ1v) is 7.16. The van der Waals surface area contributed by atoms with Crippen LogP contribution in [0, 0.1) is 0 Å². The Balaban J connectivity index is 2.09. The first kappa shape index (κ1) is 16.6. The highest BCUT2D eigenvalue weighted by Gasteiger charge is 2.13. The van der Waals surface area contributed by atoms with Gasteiger partial charge in [0.1, 0.15) is 19.0 Å². The molecule has 0 saturated heterocycles. The molecule has 5 heteroatoms. The summed E-state index contributed by atoms with van der Waals surface area (Å²) in [5, 5.41) is 9.51. The van der Waals surface area contributed by atoms with Gasteiger partial charge in [0.2, 0.25) is 0 Å². The molecule has 0 aliphatic carbocycles. The van der Waals surface area contributed by atoms with Crippen LogP contribution in [-0.4, -0.2) is 29.3 Å². The summed E-state index contributed by atoms with van der Waals surface area (Å²) in [5.74, 6) is 0. The minimum atomic E-state index is -1.21. The molecule has 0 aliphatic rings. The number of amides is 1. The molecule has 1 amide bonds. The van der Waals surface area contributed by atoms with E-state index in [2.05, 4.69) is 4.99 Å². The van der Waals surface area contributed by atoms with Gasteiger partial charge in [-0.05, 0) is 11.1 Å². The van der Waals surface area contributed by atoms with Crippen molar-refractivity contribution in [2.45, 2.75) is 19.1 Å². The van der Waals surface area contributed by atoms with Crippen molar-refractivity contribution in [3.8, 4) is 0 Å². The van der Waals surface area contributed by atoms with Crippen molar-refractivity contribution in [2.24, 2.45) is 4.99 Å². The van der Waals surface area contributed by atoms with Crippen molar-refractivity contribution in [1.29, 1.82) is 0 Å². The van der Waals surface area contributed by atoms with Gasteiger partial charge in [0.25, 0.3) is 0 Å². The summed E-state index contributed by atoms with van der Waals surface area (Å²) >= 11 is 0. The van der Waals surface area contributed by atoms with Crippen LogP contribution in [0.5, 0.6) is 0 Å². The van der Waals surface area contributed by atoms with Gasteiger partial charge in [-0.1, -0.05) is 60.7 Å². The Morgan fingerprint density at radius 2 is 1.70 bits per heavy atom. The van der Waals surface area contributed by atoms with Gasteiger partial charge in [-0.3, -0.25) is 0 Å². The molecule has 0 spiro atoms. The second-order valence-electron chi connectivity index (χ2n) is 4.87. The Morgan fingerprint density at radius 3 is 2.30 bits per heavy atom. The number of nitrogens with zero attached hydrogens (tertiary/aromatic N) is 1. The number of benzene rings is 2. The average molecular weight is 311 g/mol. The number of aldehydes is 1. The highest BCUT2D eigenvalue weighted by Crippen LogP contribution is 2.09. The summed E-state index contributed by atoms with van der Waals surface area (Å²) in [7, 11) is 0. The van der Waals surface area contributed by atoms with Crippen molar-refractivity contribution in [1.82, 2.24) is 0 Å². The Kier molecular flexibility index (Phi) is 6.20. The number of hydrogen-bond acceptors (Lipinski definition) is 4. The van der Waals surface area contributed by atoms with E-state index in [0.717, 1.165) is 5.56 Å². The summed E-state index contributed by atoms with van der Waals surface area (Å²) < 4.78 is 5.10. The summed E-state index contributed by atoms with van der Waals surface area (Å²) in [6.07, 6.45) is -1.61. The second kappa shape index (κ2) is 8.60. The predicted octanol–water partition coefficient (Wildman–Crippen LogP) is 2.76. The van der Waals surface area contributed by atoms with Gasteiger partial charge in [0.05, 0.1) is 5.71 Å². The highest BCUT2D eigenvalue weighted by molar-refractivity contribution is 6.06. The SMILES string of the molecule is O=CC(O)C/C(=N/C(=O)OCc1ccccc1)c1ccccc1. The number of rotatable bonds is 6. The normalized spacial score (nSPS) is 12.5. The quantitative estimate of drug-likeness (QED) is 0.657. The molecule has 0 fully saturated rings. The zero-order valence-electron chi connectivity index (χ0n) is 12.5. The molecule has 1 N–H and O–H groups in total. The molecular weight excluding hydrogens is 294 g/mol. The Labute approximate surface area is 134 Å². The molecule has 0 aliphatic heterocycles. The summed E-state index contributed by atoms with van der Waals surface area (Å²) in [4.78, 5) is 26.4. The van der Waals surface area contributed by atoms with E-state index in [1.165, 1.54) is 0 Å². The van der Waals surface area contributed by atoms with Crippen LogP contribution in [0.15, 0.2) is 65.7 Å². The maximum Gasteiger partial charge on any atom is 0.434 e. The molecule has 0 aromatic heterocycles. The van der Waals surface area contributed by atoms with E-state index < -0.39 is 12.2 Å². The number of aliphatic hydroxyl groups is 1. The number of hydrogen-bond donors (Lipinski definition) is 1. The van der Waals surface area contributed by atoms with E-state index in [4.69, 9.17) is 4.74 Å². The lowest BCUT2D eigenvalue weighted by atomic mass is 10.0. The van der Waals surface area contributed by atoms with Gasteiger partial charge in [0, 0.05) is 6.42 Å². The van der Waals surface area contributed by atoms with E-state index in [1.807, 2.05) is 36.4 Å². The molecule has 0 saturated carbocycles. The van der Waals surface area contributed by atoms with Gasteiger partial charge >= 0.3 is 6.09 Å². The van der Waals surface area contributed by atoms with Gasteiger partial charge in [-0.2, -0.15) is 4.99 Å². The lowest BCUT2D eigenvalue weighted by Gasteiger charge is -2.08. The number of carbonyl (C=O) groups excluding carboxylic acids is 2. The summed E-state index contributed by atoms with van der Waals surface area (Å²) in [5.41, 5.74) is 1.82. The van der Waals surface area contributed by atoms with Crippen LogP contribution < -0.4 is 0 Å². The summed E-state index contributed by atoms with van der Waals surface area (Å²) in [6.45, 7) is 0.113. The zero-order chi connectivity index (χ0) is 16.5. The van der Waals surface area contributed by atoms with Crippen LogP contribution in [-0.2, 0) is 16.1 Å². The molecule has 0 heterocycles. The molecule has 0 radical (unpaired) electrons. The molecule has 0 bridgehead atoms. The molecule has 2 rings (SSSR count). The lowest BCUT2D eigenvalue weighted by Crippen LogP contribution is -2.17. The van der Waals surface area contributed by atoms with E-state index in [1.54, 1.807) is 24.3 Å². The third-order valence-electron chi connectivity index (χ3n) is 3.10. The molecule has 5 nitrogen and oxygen atoms in total. The van der Waals surface area contributed by atoms with E-state index in [9.17, 15) is 14.7 Å². The first-order chi connectivity index (χ1) is 11.2. The summed E-state index contributed by atoms with van der Waals surface area (Å²) in [6, 6.07) is 18.1. The first-order valence-electron chi connectivity index (χ1n) is 7.16. The number of carbonyl (C=O) groups is 2. The Hall–Kier alpha value is -2.79. The molecule has 2 aromatic rings. The van der Waals surface area contributed by atoms with Crippen LogP contribution >= 0.6 is 0 Å². The molecule has 1 atom stereocenters. The number of ether oxygens (including phenoxy) is 1. The average Bonchev–Trinajstić information content (AvgIpc) is 2.61. The predicted molar refractivity (Wildman–Crippen MR) is 86.3 cm³/mol. The minimum absolute atomic E-state index is 0.0477. The fourth-order valence-electron chi connectivity index (χ4n) is 1.97. The topological polar surface area (TPSA) is 76.0 Å². The zero-order valence-corrected chi connectivity index (χ0v) is 12.5. The molecule has 1 unspecified atom stereocenters.